The number of hydrogen-bond donors (Lipinski definition) is 1. The van der Waals surface area contributed by atoms with Crippen LogP contribution in [0.25, 0.3) is 0 Å². The van der Waals surface area contributed by atoms with Crippen molar-refractivity contribution in [1.29, 1.82) is 0 Å². The summed E-state index contributed by atoms with van der Waals surface area (Å²) in [5.41, 5.74) is 6.02. The fourth-order valence-electron chi connectivity index (χ4n) is 2.07. The van der Waals surface area contributed by atoms with Crippen LogP contribution in [0.1, 0.15) is 28.3 Å². The van der Waals surface area contributed by atoms with Crippen LogP contribution in [0.2, 0.25) is 0 Å². The number of rotatable bonds is 4. The lowest BCUT2D eigenvalue weighted by Gasteiger charge is -2.30. The number of hydrogen-bond acceptors (Lipinski definition) is 5. The van der Waals surface area contributed by atoms with E-state index in [0.29, 0.717) is 12.2 Å². The molecule has 5 nitrogen and oxygen atoms in total. The first kappa shape index (κ1) is 13.5. The van der Waals surface area contributed by atoms with E-state index in [9.17, 15) is 4.79 Å². The quantitative estimate of drug-likeness (QED) is 0.881. The summed E-state index contributed by atoms with van der Waals surface area (Å²) in [4.78, 5) is 18.4. The summed E-state index contributed by atoms with van der Waals surface area (Å²) >= 11 is 1.50. The summed E-state index contributed by atoms with van der Waals surface area (Å²) in [7, 11) is 1.85. The van der Waals surface area contributed by atoms with Crippen LogP contribution < -0.4 is 5.73 Å². The topological polar surface area (TPSA) is 68.5 Å². The molecule has 0 spiro atoms. The minimum atomic E-state index is 0.00132. The van der Waals surface area contributed by atoms with Crippen LogP contribution >= 0.6 is 11.3 Å². The molecular weight excluding hydrogens is 250 g/mol. The third-order valence-electron chi connectivity index (χ3n) is 3.19. The Morgan fingerprint density at radius 3 is 3.00 bits per heavy atom. The Hall–Kier alpha value is -0.980. The molecule has 0 atom stereocenters. The number of carbonyl (C=O) groups is 1. The molecule has 1 fully saturated rings. The molecule has 1 saturated heterocycles. The van der Waals surface area contributed by atoms with Crippen LogP contribution in [-0.4, -0.2) is 48.6 Å². The number of nitrogens with zero attached hydrogens (tertiary/aromatic N) is 2. The minimum absolute atomic E-state index is 0.00132. The second kappa shape index (κ2) is 6.26. The highest BCUT2D eigenvalue weighted by atomic mass is 32.1. The van der Waals surface area contributed by atoms with Gasteiger partial charge in [-0.15, -0.1) is 11.3 Å². The molecule has 100 valence electrons. The van der Waals surface area contributed by atoms with E-state index in [1.807, 2.05) is 12.4 Å². The maximum Gasteiger partial charge on any atom is 0.273 e. The van der Waals surface area contributed by atoms with E-state index in [4.69, 9.17) is 10.5 Å². The van der Waals surface area contributed by atoms with Crippen molar-refractivity contribution in [2.75, 3.05) is 26.8 Å². The zero-order valence-corrected chi connectivity index (χ0v) is 11.4. The summed E-state index contributed by atoms with van der Waals surface area (Å²) in [6.45, 7) is 2.03. The highest BCUT2D eigenvalue weighted by Crippen LogP contribution is 2.17. The van der Waals surface area contributed by atoms with Crippen molar-refractivity contribution in [1.82, 2.24) is 9.88 Å². The lowest BCUT2D eigenvalue weighted by Crippen LogP contribution is -2.40. The monoisotopic (exact) mass is 269 g/mol. The fourth-order valence-corrected chi connectivity index (χ4v) is 2.85. The Bertz CT molecular complexity index is 402. The van der Waals surface area contributed by atoms with Gasteiger partial charge in [0.1, 0.15) is 5.69 Å². The van der Waals surface area contributed by atoms with Gasteiger partial charge in [0.2, 0.25) is 0 Å². The van der Waals surface area contributed by atoms with Gasteiger partial charge in [0.25, 0.3) is 5.91 Å². The van der Waals surface area contributed by atoms with Crippen molar-refractivity contribution in [3.8, 4) is 0 Å². The van der Waals surface area contributed by atoms with E-state index in [0.717, 1.165) is 37.5 Å². The molecule has 2 rings (SSSR count). The second-order valence-corrected chi connectivity index (χ2v) is 5.37. The summed E-state index contributed by atoms with van der Waals surface area (Å²) in [6, 6.07) is 0.269. The molecule has 6 heteroatoms. The molecule has 1 aromatic rings. The number of nitrogens with two attached hydrogens (primary N) is 1. The average molecular weight is 269 g/mol. The molecule has 0 aromatic carbocycles. The normalized spacial score (nSPS) is 16.8. The molecule has 0 radical (unpaired) electrons. The molecule has 1 aliphatic rings. The maximum absolute atomic E-state index is 12.3. The fraction of sp³-hybridized carbons (Fsp3) is 0.667. The largest absolute Gasteiger partial charge is 0.381 e. The smallest absolute Gasteiger partial charge is 0.273 e. The molecule has 2 heterocycles. The average Bonchev–Trinajstić information content (AvgIpc) is 2.87. The lowest BCUT2D eigenvalue weighted by atomic mass is 10.1. The van der Waals surface area contributed by atoms with Gasteiger partial charge in [0.05, 0.1) is 5.01 Å². The second-order valence-electron chi connectivity index (χ2n) is 4.42. The molecule has 0 bridgehead atoms. The van der Waals surface area contributed by atoms with Crippen molar-refractivity contribution in [3.05, 3.63) is 16.1 Å². The summed E-state index contributed by atoms with van der Waals surface area (Å²) in [5.74, 6) is 0.00132. The van der Waals surface area contributed by atoms with Crippen LogP contribution in [0.3, 0.4) is 0 Å². The molecule has 1 aliphatic heterocycles. The van der Waals surface area contributed by atoms with Crippen LogP contribution in [-0.2, 0) is 11.2 Å². The van der Waals surface area contributed by atoms with E-state index in [-0.39, 0.29) is 11.9 Å². The Kier molecular flexibility index (Phi) is 4.68. The Labute approximate surface area is 111 Å². The Balaban J connectivity index is 2.00. The molecule has 1 amide bonds. The van der Waals surface area contributed by atoms with Gasteiger partial charge >= 0.3 is 0 Å². The van der Waals surface area contributed by atoms with Gasteiger partial charge in [0.15, 0.2) is 0 Å². The van der Waals surface area contributed by atoms with E-state index >= 15 is 0 Å². The van der Waals surface area contributed by atoms with Gasteiger partial charge in [-0.25, -0.2) is 4.98 Å². The lowest BCUT2D eigenvalue weighted by molar-refractivity contribution is 0.0359. The van der Waals surface area contributed by atoms with Gasteiger partial charge in [-0.2, -0.15) is 0 Å². The van der Waals surface area contributed by atoms with E-state index in [1.165, 1.54) is 11.3 Å². The molecule has 0 saturated carbocycles. The maximum atomic E-state index is 12.3. The highest BCUT2D eigenvalue weighted by Gasteiger charge is 2.24. The first-order valence-electron chi connectivity index (χ1n) is 6.21. The highest BCUT2D eigenvalue weighted by molar-refractivity contribution is 7.09. The van der Waals surface area contributed by atoms with Gasteiger partial charge in [-0.05, 0) is 19.4 Å². The third-order valence-corrected chi connectivity index (χ3v) is 4.10. The number of carbonyl (C=O) groups excluding carboxylic acids is 1. The number of thiazole rings is 1. The van der Waals surface area contributed by atoms with Crippen molar-refractivity contribution < 1.29 is 9.53 Å². The zero-order valence-electron chi connectivity index (χ0n) is 10.6. The summed E-state index contributed by atoms with van der Waals surface area (Å²) < 4.78 is 5.31. The molecule has 0 unspecified atom stereocenters. The zero-order chi connectivity index (χ0) is 13.0. The number of aromatic nitrogens is 1. The van der Waals surface area contributed by atoms with Crippen LogP contribution in [0.4, 0.5) is 0 Å². The summed E-state index contributed by atoms with van der Waals surface area (Å²) in [5, 5.41) is 2.75. The van der Waals surface area contributed by atoms with Gasteiger partial charge in [0, 0.05) is 38.1 Å². The van der Waals surface area contributed by atoms with Gasteiger partial charge in [-0.1, -0.05) is 0 Å². The predicted molar refractivity (Wildman–Crippen MR) is 70.8 cm³/mol. The molecule has 18 heavy (non-hydrogen) atoms. The Morgan fingerprint density at radius 2 is 2.33 bits per heavy atom. The summed E-state index contributed by atoms with van der Waals surface area (Å²) in [6.07, 6.45) is 2.54. The van der Waals surface area contributed by atoms with Crippen LogP contribution in [0.15, 0.2) is 5.38 Å². The Morgan fingerprint density at radius 1 is 1.61 bits per heavy atom. The first-order chi connectivity index (χ1) is 8.72. The molecule has 1 aromatic heterocycles. The minimum Gasteiger partial charge on any atom is -0.381 e. The SMILES string of the molecule is CN(C(=O)c1csc(CCN)n1)C1CCOCC1. The standard InChI is InChI=1S/C12H19N3O2S/c1-15(9-3-6-17-7-4-9)12(16)10-8-18-11(14-10)2-5-13/h8-9H,2-7,13H2,1H3. The van der Waals surface area contributed by atoms with Crippen LogP contribution in [0.5, 0.6) is 0 Å². The number of amides is 1. The molecule has 2 N–H and O–H groups in total. The van der Waals surface area contributed by atoms with Crippen molar-refractivity contribution in [3.63, 3.8) is 0 Å². The van der Waals surface area contributed by atoms with E-state index in [2.05, 4.69) is 4.98 Å². The number of ether oxygens (including phenoxy) is 1. The first-order valence-corrected chi connectivity index (χ1v) is 7.09. The van der Waals surface area contributed by atoms with Crippen LogP contribution in [0, 0.1) is 0 Å². The van der Waals surface area contributed by atoms with Gasteiger partial charge in [-0.3, -0.25) is 4.79 Å². The predicted octanol–water partition coefficient (Wildman–Crippen LogP) is 0.895. The third kappa shape index (κ3) is 3.07. The van der Waals surface area contributed by atoms with E-state index in [1.54, 1.807) is 4.90 Å². The van der Waals surface area contributed by atoms with Crippen molar-refractivity contribution >= 4 is 17.2 Å². The van der Waals surface area contributed by atoms with Crippen molar-refractivity contribution in [2.24, 2.45) is 5.73 Å². The van der Waals surface area contributed by atoms with E-state index < -0.39 is 0 Å². The molecular formula is C12H19N3O2S. The molecule has 0 aliphatic carbocycles. The van der Waals surface area contributed by atoms with Gasteiger partial charge < -0.3 is 15.4 Å². The van der Waals surface area contributed by atoms with Crippen molar-refractivity contribution in [2.45, 2.75) is 25.3 Å².